The average molecular weight is 169 g/mol. The number of rotatable bonds is 2. The van der Waals surface area contributed by atoms with Gasteiger partial charge in [-0.15, -0.1) is 0 Å². The van der Waals surface area contributed by atoms with Gasteiger partial charge in [-0.05, 0) is 24.2 Å². The lowest BCUT2D eigenvalue weighted by Crippen LogP contribution is -2.36. The molecule has 2 atom stereocenters. The van der Waals surface area contributed by atoms with Gasteiger partial charge < -0.3 is 5.32 Å². The molecule has 0 spiro atoms. The van der Waals surface area contributed by atoms with Crippen LogP contribution in [0.15, 0.2) is 0 Å². The molecule has 0 heterocycles. The van der Waals surface area contributed by atoms with Gasteiger partial charge in [0, 0.05) is 12.1 Å². The first-order valence-corrected chi connectivity index (χ1v) is 5.17. The van der Waals surface area contributed by atoms with Crippen LogP contribution < -0.4 is 5.32 Å². The smallest absolute Gasteiger partial charge is 0.0100 e. The predicted molar refractivity (Wildman–Crippen MR) is 54.2 cm³/mol. The monoisotopic (exact) mass is 169 g/mol. The maximum atomic E-state index is 3.65. The Balaban J connectivity index is 2.47. The second-order valence-corrected chi connectivity index (χ2v) is 5.48. The second kappa shape index (κ2) is 3.37. The van der Waals surface area contributed by atoms with E-state index in [1.807, 2.05) is 0 Å². The van der Waals surface area contributed by atoms with Gasteiger partial charge in [-0.3, -0.25) is 0 Å². The van der Waals surface area contributed by atoms with Crippen molar-refractivity contribution in [2.24, 2.45) is 11.3 Å². The van der Waals surface area contributed by atoms with Crippen LogP contribution in [0.1, 0.15) is 47.5 Å². The Hall–Kier alpha value is -0.0400. The summed E-state index contributed by atoms with van der Waals surface area (Å²) < 4.78 is 0. The molecule has 1 aliphatic rings. The van der Waals surface area contributed by atoms with Crippen molar-refractivity contribution >= 4 is 0 Å². The SMILES string of the molecule is CC(C)NC1CC(C)(C)CC1C. The average Bonchev–Trinajstić information content (AvgIpc) is 2.03. The number of nitrogens with one attached hydrogen (secondary N) is 1. The number of hydrogen-bond donors (Lipinski definition) is 1. The highest BCUT2D eigenvalue weighted by Crippen LogP contribution is 2.40. The normalized spacial score (nSPS) is 34.5. The molecule has 2 unspecified atom stereocenters. The molecular weight excluding hydrogens is 146 g/mol. The summed E-state index contributed by atoms with van der Waals surface area (Å²) in [6.07, 6.45) is 2.71. The van der Waals surface area contributed by atoms with Crippen LogP contribution in [0.25, 0.3) is 0 Å². The first-order chi connectivity index (χ1) is 5.41. The molecule has 1 rings (SSSR count). The minimum Gasteiger partial charge on any atom is -0.311 e. The van der Waals surface area contributed by atoms with Crippen LogP contribution in [0.4, 0.5) is 0 Å². The van der Waals surface area contributed by atoms with Gasteiger partial charge in [-0.2, -0.15) is 0 Å². The van der Waals surface area contributed by atoms with Crippen molar-refractivity contribution in [1.82, 2.24) is 5.32 Å². The van der Waals surface area contributed by atoms with Gasteiger partial charge in [-0.25, -0.2) is 0 Å². The third-order valence-electron chi connectivity index (χ3n) is 2.88. The highest BCUT2D eigenvalue weighted by Gasteiger charge is 2.36. The van der Waals surface area contributed by atoms with Gasteiger partial charge >= 0.3 is 0 Å². The Bertz CT molecular complexity index is 149. The summed E-state index contributed by atoms with van der Waals surface area (Å²) in [6, 6.07) is 1.38. The van der Waals surface area contributed by atoms with E-state index in [-0.39, 0.29) is 0 Å². The molecule has 1 heteroatoms. The van der Waals surface area contributed by atoms with Crippen molar-refractivity contribution < 1.29 is 0 Å². The minimum atomic E-state index is 0.561. The molecule has 1 fully saturated rings. The quantitative estimate of drug-likeness (QED) is 0.670. The highest BCUT2D eigenvalue weighted by molar-refractivity contribution is 4.91. The van der Waals surface area contributed by atoms with Crippen LogP contribution in [-0.4, -0.2) is 12.1 Å². The molecule has 0 aromatic carbocycles. The van der Waals surface area contributed by atoms with E-state index >= 15 is 0 Å². The zero-order valence-electron chi connectivity index (χ0n) is 9.15. The van der Waals surface area contributed by atoms with Crippen LogP contribution in [-0.2, 0) is 0 Å². The highest BCUT2D eigenvalue weighted by atomic mass is 15.0. The van der Waals surface area contributed by atoms with E-state index in [4.69, 9.17) is 0 Å². The molecule has 0 aromatic heterocycles. The Labute approximate surface area is 76.9 Å². The van der Waals surface area contributed by atoms with Gasteiger partial charge in [0.25, 0.3) is 0 Å². The molecule has 1 aliphatic carbocycles. The molecule has 1 N–H and O–H groups in total. The lowest BCUT2D eigenvalue weighted by atomic mass is 9.91. The van der Waals surface area contributed by atoms with Crippen LogP contribution >= 0.6 is 0 Å². The largest absolute Gasteiger partial charge is 0.311 e. The van der Waals surface area contributed by atoms with E-state index in [0.717, 1.165) is 12.0 Å². The molecule has 0 aliphatic heterocycles. The van der Waals surface area contributed by atoms with Crippen LogP contribution in [0, 0.1) is 11.3 Å². The van der Waals surface area contributed by atoms with Crippen molar-refractivity contribution in [3.63, 3.8) is 0 Å². The molecule has 72 valence electrons. The van der Waals surface area contributed by atoms with Crippen molar-refractivity contribution in [1.29, 1.82) is 0 Å². The maximum Gasteiger partial charge on any atom is 0.0100 e. The Morgan fingerprint density at radius 1 is 1.25 bits per heavy atom. The minimum absolute atomic E-state index is 0.561. The van der Waals surface area contributed by atoms with E-state index in [1.165, 1.54) is 12.8 Å². The Kier molecular flexibility index (Phi) is 2.82. The van der Waals surface area contributed by atoms with E-state index < -0.39 is 0 Å². The summed E-state index contributed by atoms with van der Waals surface area (Å²) in [4.78, 5) is 0. The molecule has 1 nitrogen and oxygen atoms in total. The van der Waals surface area contributed by atoms with Crippen LogP contribution in [0.3, 0.4) is 0 Å². The molecule has 1 saturated carbocycles. The Morgan fingerprint density at radius 2 is 1.83 bits per heavy atom. The fourth-order valence-electron chi connectivity index (χ4n) is 2.55. The third kappa shape index (κ3) is 2.48. The van der Waals surface area contributed by atoms with Crippen LogP contribution in [0.5, 0.6) is 0 Å². The van der Waals surface area contributed by atoms with Gasteiger partial charge in [0.2, 0.25) is 0 Å². The van der Waals surface area contributed by atoms with Gasteiger partial charge in [0.1, 0.15) is 0 Å². The van der Waals surface area contributed by atoms with Crippen molar-refractivity contribution in [3.8, 4) is 0 Å². The zero-order chi connectivity index (χ0) is 9.35. The van der Waals surface area contributed by atoms with E-state index in [1.54, 1.807) is 0 Å². The van der Waals surface area contributed by atoms with E-state index in [0.29, 0.717) is 11.5 Å². The zero-order valence-corrected chi connectivity index (χ0v) is 9.15. The van der Waals surface area contributed by atoms with Crippen molar-refractivity contribution in [3.05, 3.63) is 0 Å². The van der Waals surface area contributed by atoms with Crippen molar-refractivity contribution in [2.75, 3.05) is 0 Å². The molecule has 0 saturated heterocycles. The summed E-state index contributed by atoms with van der Waals surface area (Å²) in [5.41, 5.74) is 0.561. The van der Waals surface area contributed by atoms with Gasteiger partial charge in [0.15, 0.2) is 0 Å². The second-order valence-electron chi connectivity index (χ2n) is 5.48. The molecule has 0 bridgehead atoms. The Morgan fingerprint density at radius 3 is 2.17 bits per heavy atom. The lowest BCUT2D eigenvalue weighted by Gasteiger charge is -2.20. The fraction of sp³-hybridized carbons (Fsp3) is 1.00. The van der Waals surface area contributed by atoms with E-state index in [9.17, 15) is 0 Å². The van der Waals surface area contributed by atoms with Gasteiger partial charge in [-0.1, -0.05) is 34.6 Å². The summed E-state index contributed by atoms with van der Waals surface area (Å²) in [7, 11) is 0. The summed E-state index contributed by atoms with van der Waals surface area (Å²) in [6.45, 7) is 11.6. The topological polar surface area (TPSA) is 12.0 Å². The van der Waals surface area contributed by atoms with E-state index in [2.05, 4.69) is 39.9 Å². The molecule has 12 heavy (non-hydrogen) atoms. The summed E-state index contributed by atoms with van der Waals surface area (Å²) in [5.74, 6) is 0.849. The first kappa shape index (κ1) is 10.0. The first-order valence-electron chi connectivity index (χ1n) is 5.17. The molecule has 0 radical (unpaired) electrons. The lowest BCUT2D eigenvalue weighted by molar-refractivity contribution is 0.358. The molecular formula is C11H23N. The predicted octanol–water partition coefficient (Wildman–Crippen LogP) is 2.81. The van der Waals surface area contributed by atoms with Gasteiger partial charge in [0.05, 0.1) is 0 Å². The van der Waals surface area contributed by atoms with Crippen LogP contribution in [0.2, 0.25) is 0 Å². The standard InChI is InChI=1S/C11H23N/c1-8(2)12-10-7-11(4,5)6-9(10)3/h8-10,12H,6-7H2,1-5H3. The fourth-order valence-corrected chi connectivity index (χ4v) is 2.55. The summed E-state index contributed by atoms with van der Waals surface area (Å²) >= 11 is 0. The maximum absolute atomic E-state index is 3.65. The molecule has 0 aromatic rings. The third-order valence-corrected chi connectivity index (χ3v) is 2.88. The molecule has 0 amide bonds. The van der Waals surface area contributed by atoms with Crippen molar-refractivity contribution in [2.45, 2.75) is 59.5 Å². The number of hydrogen-bond acceptors (Lipinski definition) is 1. The summed E-state index contributed by atoms with van der Waals surface area (Å²) in [5, 5.41) is 3.65.